The van der Waals surface area contributed by atoms with Crippen LogP contribution in [0.5, 0.6) is 5.75 Å². The van der Waals surface area contributed by atoms with Crippen LogP contribution in [0.2, 0.25) is 0 Å². The first-order valence-corrected chi connectivity index (χ1v) is 7.40. The first-order chi connectivity index (χ1) is 11.5. The topological polar surface area (TPSA) is 72.9 Å². The van der Waals surface area contributed by atoms with Gasteiger partial charge in [-0.1, -0.05) is 29.3 Å². The second-order valence-corrected chi connectivity index (χ2v) is 5.44. The Hall–Kier alpha value is -3.15. The lowest BCUT2D eigenvalue weighted by Gasteiger charge is -2.17. The van der Waals surface area contributed by atoms with Crippen molar-refractivity contribution in [1.29, 1.82) is 0 Å². The van der Waals surface area contributed by atoms with Crippen molar-refractivity contribution in [3.8, 4) is 5.75 Å². The molecule has 0 radical (unpaired) electrons. The highest BCUT2D eigenvalue weighted by Gasteiger charge is 2.39. The van der Waals surface area contributed by atoms with Crippen LogP contribution in [0.4, 0.5) is 0 Å². The van der Waals surface area contributed by atoms with E-state index in [1.807, 2.05) is 13.0 Å². The number of carbonyl (C=O) groups is 3. The fourth-order valence-corrected chi connectivity index (χ4v) is 2.36. The van der Waals surface area contributed by atoms with Gasteiger partial charge in [0.15, 0.2) is 6.10 Å². The van der Waals surface area contributed by atoms with Gasteiger partial charge in [-0.2, -0.15) is 0 Å². The molecule has 2 aromatic carbocycles. The minimum atomic E-state index is -0.976. The number of amides is 2. The number of aryl methyl sites for hydroxylation is 1. The van der Waals surface area contributed by atoms with Gasteiger partial charge in [0.2, 0.25) is 0 Å². The van der Waals surface area contributed by atoms with Crippen LogP contribution in [0.25, 0.3) is 0 Å². The number of hydrogen-bond acceptors (Lipinski definition) is 5. The van der Waals surface area contributed by atoms with E-state index in [2.05, 4.69) is 0 Å². The molecule has 6 heteroatoms. The van der Waals surface area contributed by atoms with Crippen molar-refractivity contribution < 1.29 is 24.0 Å². The van der Waals surface area contributed by atoms with E-state index in [1.54, 1.807) is 30.3 Å². The number of carbonyl (C=O) groups excluding carboxylic acids is 3. The zero-order valence-electron chi connectivity index (χ0n) is 13.2. The third kappa shape index (κ3) is 2.86. The molecule has 24 heavy (non-hydrogen) atoms. The molecule has 0 saturated heterocycles. The quantitative estimate of drug-likeness (QED) is 0.808. The largest absolute Gasteiger partial charge is 0.479 e. The van der Waals surface area contributed by atoms with Gasteiger partial charge in [-0.05, 0) is 43.7 Å². The van der Waals surface area contributed by atoms with Crippen LogP contribution >= 0.6 is 0 Å². The van der Waals surface area contributed by atoms with Crippen LogP contribution < -0.4 is 4.74 Å². The van der Waals surface area contributed by atoms with E-state index in [4.69, 9.17) is 9.57 Å². The van der Waals surface area contributed by atoms with Crippen molar-refractivity contribution in [1.82, 2.24) is 5.06 Å². The summed E-state index contributed by atoms with van der Waals surface area (Å²) in [4.78, 5) is 41.4. The second-order valence-electron chi connectivity index (χ2n) is 5.44. The van der Waals surface area contributed by atoms with Crippen LogP contribution in [0.3, 0.4) is 0 Å². The van der Waals surface area contributed by atoms with Gasteiger partial charge in [0.05, 0.1) is 11.1 Å². The van der Waals surface area contributed by atoms with E-state index >= 15 is 0 Å². The molecule has 0 saturated carbocycles. The van der Waals surface area contributed by atoms with Gasteiger partial charge >= 0.3 is 5.97 Å². The predicted molar refractivity (Wildman–Crippen MR) is 84.3 cm³/mol. The highest BCUT2D eigenvalue weighted by molar-refractivity contribution is 6.20. The second kappa shape index (κ2) is 6.16. The van der Waals surface area contributed by atoms with E-state index < -0.39 is 23.9 Å². The highest BCUT2D eigenvalue weighted by Crippen LogP contribution is 2.23. The third-order valence-corrected chi connectivity index (χ3v) is 3.57. The summed E-state index contributed by atoms with van der Waals surface area (Å²) in [6.07, 6.45) is -0.976. The summed E-state index contributed by atoms with van der Waals surface area (Å²) in [6, 6.07) is 13.5. The molecular weight excluding hydrogens is 310 g/mol. The van der Waals surface area contributed by atoms with Crippen molar-refractivity contribution >= 4 is 17.8 Å². The molecule has 1 aliphatic rings. The van der Waals surface area contributed by atoms with Gasteiger partial charge < -0.3 is 9.57 Å². The molecule has 122 valence electrons. The van der Waals surface area contributed by atoms with Gasteiger partial charge in [-0.25, -0.2) is 4.79 Å². The molecule has 1 heterocycles. The highest BCUT2D eigenvalue weighted by atomic mass is 16.7. The van der Waals surface area contributed by atoms with Crippen molar-refractivity contribution in [3.63, 3.8) is 0 Å². The van der Waals surface area contributed by atoms with E-state index in [9.17, 15) is 14.4 Å². The van der Waals surface area contributed by atoms with E-state index in [0.29, 0.717) is 10.8 Å². The van der Waals surface area contributed by atoms with Crippen molar-refractivity contribution in [3.05, 3.63) is 65.2 Å². The van der Waals surface area contributed by atoms with Crippen molar-refractivity contribution in [2.45, 2.75) is 20.0 Å². The van der Waals surface area contributed by atoms with Gasteiger partial charge in [-0.3, -0.25) is 9.59 Å². The zero-order chi connectivity index (χ0) is 17.3. The average molecular weight is 325 g/mol. The standard InChI is InChI=1S/C18H15NO5/c1-11-6-5-7-13(10-11)23-12(2)18(22)24-19-16(20)14-8-3-4-9-15(14)17(19)21/h3-10,12H,1-2H3. The summed E-state index contributed by atoms with van der Waals surface area (Å²) in [5, 5.41) is 0.475. The number of imide groups is 1. The maximum Gasteiger partial charge on any atom is 0.373 e. The molecule has 0 N–H and O–H groups in total. The Labute approximate surface area is 138 Å². The Balaban J connectivity index is 1.69. The summed E-state index contributed by atoms with van der Waals surface area (Å²) >= 11 is 0. The molecule has 0 aromatic heterocycles. The van der Waals surface area contributed by atoms with Crippen LogP contribution in [0.1, 0.15) is 33.2 Å². The molecular formula is C18H15NO5. The Kier molecular flexibility index (Phi) is 4.04. The Bertz CT molecular complexity index is 795. The van der Waals surface area contributed by atoms with Gasteiger partial charge in [0, 0.05) is 0 Å². The lowest BCUT2D eigenvalue weighted by molar-refractivity contribution is -0.176. The first-order valence-electron chi connectivity index (χ1n) is 7.40. The summed E-state index contributed by atoms with van der Waals surface area (Å²) in [5.74, 6) is -1.65. The minimum absolute atomic E-state index is 0.211. The number of hydroxylamine groups is 2. The molecule has 0 fully saturated rings. The van der Waals surface area contributed by atoms with Gasteiger partial charge in [0.1, 0.15) is 5.75 Å². The average Bonchev–Trinajstić information content (AvgIpc) is 2.80. The normalized spacial score (nSPS) is 14.3. The lowest BCUT2D eigenvalue weighted by Crippen LogP contribution is -2.37. The Morgan fingerprint density at radius 2 is 1.62 bits per heavy atom. The molecule has 3 rings (SSSR count). The van der Waals surface area contributed by atoms with Crippen molar-refractivity contribution in [2.75, 3.05) is 0 Å². The molecule has 2 amide bonds. The first kappa shape index (κ1) is 15.7. The van der Waals surface area contributed by atoms with Crippen LogP contribution in [0, 0.1) is 6.92 Å². The molecule has 6 nitrogen and oxygen atoms in total. The van der Waals surface area contributed by atoms with Crippen LogP contribution in [-0.2, 0) is 9.63 Å². The van der Waals surface area contributed by atoms with Crippen LogP contribution in [0.15, 0.2) is 48.5 Å². The smallest absolute Gasteiger partial charge is 0.373 e. The van der Waals surface area contributed by atoms with Gasteiger partial charge in [0.25, 0.3) is 11.8 Å². The van der Waals surface area contributed by atoms with E-state index in [0.717, 1.165) is 5.56 Å². The summed E-state index contributed by atoms with van der Waals surface area (Å²) < 4.78 is 5.49. The lowest BCUT2D eigenvalue weighted by atomic mass is 10.1. The molecule has 1 aliphatic heterocycles. The summed E-state index contributed by atoms with van der Waals surface area (Å²) in [7, 11) is 0. The Morgan fingerprint density at radius 1 is 1.00 bits per heavy atom. The fraction of sp³-hybridized carbons (Fsp3) is 0.167. The number of hydrogen-bond donors (Lipinski definition) is 0. The molecule has 0 aliphatic carbocycles. The number of nitrogens with zero attached hydrogens (tertiary/aromatic N) is 1. The van der Waals surface area contributed by atoms with Crippen molar-refractivity contribution in [2.24, 2.45) is 0 Å². The molecule has 0 bridgehead atoms. The SMILES string of the molecule is Cc1cccc(OC(C)C(=O)ON2C(=O)c3ccccc3C2=O)c1. The molecule has 1 atom stereocenters. The number of ether oxygens (including phenoxy) is 1. The fourth-order valence-electron chi connectivity index (χ4n) is 2.36. The molecule has 0 spiro atoms. The minimum Gasteiger partial charge on any atom is -0.479 e. The maximum absolute atomic E-state index is 12.2. The molecule has 2 aromatic rings. The monoisotopic (exact) mass is 325 g/mol. The maximum atomic E-state index is 12.2. The summed E-state index contributed by atoms with van der Waals surface area (Å²) in [6.45, 7) is 3.39. The molecule has 1 unspecified atom stereocenters. The number of benzene rings is 2. The Morgan fingerprint density at radius 3 is 2.21 bits per heavy atom. The van der Waals surface area contributed by atoms with Gasteiger partial charge in [-0.15, -0.1) is 0 Å². The number of rotatable bonds is 4. The third-order valence-electron chi connectivity index (χ3n) is 3.57. The number of fused-ring (bicyclic) bond motifs is 1. The predicted octanol–water partition coefficient (Wildman–Crippen LogP) is 2.52. The van der Waals surface area contributed by atoms with E-state index in [-0.39, 0.29) is 11.1 Å². The van der Waals surface area contributed by atoms with Crippen LogP contribution in [-0.4, -0.2) is 29.0 Å². The zero-order valence-corrected chi connectivity index (χ0v) is 13.2. The van der Waals surface area contributed by atoms with E-state index in [1.165, 1.54) is 19.1 Å². The summed E-state index contributed by atoms with van der Waals surface area (Å²) in [5.41, 5.74) is 1.40.